The lowest BCUT2D eigenvalue weighted by molar-refractivity contribution is 0.237. The molecular formula is C17H25N5O. The molecule has 2 aromatic heterocycles. The molecule has 23 heavy (non-hydrogen) atoms. The Labute approximate surface area is 136 Å². The molecule has 2 aromatic rings. The van der Waals surface area contributed by atoms with E-state index in [4.69, 9.17) is 4.98 Å². The van der Waals surface area contributed by atoms with Gasteiger partial charge in [0.05, 0.1) is 17.0 Å². The second-order valence-corrected chi connectivity index (χ2v) is 7.45. The lowest BCUT2D eigenvalue weighted by Gasteiger charge is -2.28. The zero-order valence-corrected chi connectivity index (χ0v) is 14.6. The van der Waals surface area contributed by atoms with Gasteiger partial charge in [-0.05, 0) is 13.0 Å². The zero-order valence-electron chi connectivity index (χ0n) is 14.6. The molecule has 0 aromatic carbocycles. The minimum Gasteiger partial charge on any atom is -0.310 e. The highest BCUT2D eigenvalue weighted by molar-refractivity contribution is 5.23. The molecule has 1 aliphatic rings. The molecule has 3 rings (SSSR count). The number of aromatic amines is 1. The first-order valence-electron chi connectivity index (χ1n) is 8.08. The topological polar surface area (TPSA) is 66.8 Å². The predicted octanol–water partition coefficient (Wildman–Crippen LogP) is 1.67. The SMILES string of the molecule is Cc1cc(CN2CCc3nc(C(C)(C)C)[nH]c(=O)c3C2)nn1C. The van der Waals surface area contributed by atoms with Gasteiger partial charge < -0.3 is 4.98 Å². The maximum Gasteiger partial charge on any atom is 0.255 e. The van der Waals surface area contributed by atoms with Crippen molar-refractivity contribution in [2.75, 3.05) is 6.54 Å². The molecule has 6 heteroatoms. The zero-order chi connectivity index (χ0) is 16.8. The van der Waals surface area contributed by atoms with Gasteiger partial charge in [0.2, 0.25) is 0 Å². The van der Waals surface area contributed by atoms with E-state index in [0.717, 1.165) is 48.0 Å². The van der Waals surface area contributed by atoms with Gasteiger partial charge in [-0.15, -0.1) is 0 Å². The van der Waals surface area contributed by atoms with Crippen molar-refractivity contribution in [1.82, 2.24) is 24.6 Å². The highest BCUT2D eigenvalue weighted by atomic mass is 16.1. The molecule has 0 amide bonds. The van der Waals surface area contributed by atoms with Crippen LogP contribution in [0.15, 0.2) is 10.9 Å². The van der Waals surface area contributed by atoms with Crippen molar-refractivity contribution in [1.29, 1.82) is 0 Å². The Morgan fingerprint density at radius 1 is 1.35 bits per heavy atom. The van der Waals surface area contributed by atoms with Crippen LogP contribution in [0.1, 0.15) is 49.2 Å². The van der Waals surface area contributed by atoms with Crippen molar-refractivity contribution in [3.05, 3.63) is 44.9 Å². The predicted molar refractivity (Wildman–Crippen MR) is 89.3 cm³/mol. The van der Waals surface area contributed by atoms with Crippen LogP contribution in [0.4, 0.5) is 0 Å². The normalized spacial score (nSPS) is 15.7. The largest absolute Gasteiger partial charge is 0.310 e. The van der Waals surface area contributed by atoms with Gasteiger partial charge in [-0.25, -0.2) is 4.98 Å². The maximum atomic E-state index is 12.4. The number of hydrogen-bond donors (Lipinski definition) is 1. The lowest BCUT2D eigenvalue weighted by atomic mass is 9.95. The van der Waals surface area contributed by atoms with E-state index in [0.29, 0.717) is 6.54 Å². The summed E-state index contributed by atoms with van der Waals surface area (Å²) in [4.78, 5) is 22.4. The molecule has 0 atom stereocenters. The maximum absolute atomic E-state index is 12.4. The molecule has 0 saturated heterocycles. The fourth-order valence-electron chi connectivity index (χ4n) is 2.91. The van der Waals surface area contributed by atoms with E-state index in [2.05, 4.69) is 41.8 Å². The summed E-state index contributed by atoms with van der Waals surface area (Å²) in [6.45, 7) is 10.6. The summed E-state index contributed by atoms with van der Waals surface area (Å²) in [5.41, 5.74) is 3.80. The van der Waals surface area contributed by atoms with E-state index in [1.54, 1.807) is 0 Å². The van der Waals surface area contributed by atoms with Crippen LogP contribution in [0.3, 0.4) is 0 Å². The van der Waals surface area contributed by atoms with E-state index in [1.807, 2.05) is 18.7 Å². The van der Waals surface area contributed by atoms with Crippen molar-refractivity contribution < 1.29 is 0 Å². The van der Waals surface area contributed by atoms with Crippen molar-refractivity contribution in [3.8, 4) is 0 Å². The first-order chi connectivity index (χ1) is 10.7. The van der Waals surface area contributed by atoms with Crippen LogP contribution >= 0.6 is 0 Å². The van der Waals surface area contributed by atoms with Crippen molar-refractivity contribution in [2.24, 2.45) is 7.05 Å². The molecule has 0 radical (unpaired) electrons. The highest BCUT2D eigenvalue weighted by Crippen LogP contribution is 2.21. The van der Waals surface area contributed by atoms with Gasteiger partial charge in [-0.1, -0.05) is 20.8 Å². The van der Waals surface area contributed by atoms with Gasteiger partial charge in [0, 0.05) is 44.2 Å². The average Bonchev–Trinajstić information content (AvgIpc) is 2.76. The third-order valence-corrected chi connectivity index (χ3v) is 4.41. The smallest absolute Gasteiger partial charge is 0.255 e. The van der Waals surface area contributed by atoms with Crippen molar-refractivity contribution in [3.63, 3.8) is 0 Å². The number of fused-ring (bicyclic) bond motifs is 1. The van der Waals surface area contributed by atoms with E-state index in [1.165, 1.54) is 0 Å². The minimum absolute atomic E-state index is 0.00169. The van der Waals surface area contributed by atoms with Gasteiger partial charge in [-0.3, -0.25) is 14.4 Å². The summed E-state index contributed by atoms with van der Waals surface area (Å²) < 4.78 is 1.89. The van der Waals surface area contributed by atoms with Crippen LogP contribution in [-0.2, 0) is 32.0 Å². The van der Waals surface area contributed by atoms with E-state index >= 15 is 0 Å². The first-order valence-corrected chi connectivity index (χ1v) is 8.08. The van der Waals surface area contributed by atoms with Crippen LogP contribution in [-0.4, -0.2) is 31.2 Å². The molecule has 1 N–H and O–H groups in total. The number of nitrogens with one attached hydrogen (secondary N) is 1. The van der Waals surface area contributed by atoms with Gasteiger partial charge in [0.1, 0.15) is 5.82 Å². The summed E-state index contributed by atoms with van der Waals surface area (Å²) in [7, 11) is 1.95. The molecule has 3 heterocycles. The molecule has 1 aliphatic heterocycles. The Kier molecular flexibility index (Phi) is 3.88. The monoisotopic (exact) mass is 315 g/mol. The third-order valence-electron chi connectivity index (χ3n) is 4.41. The molecule has 6 nitrogen and oxygen atoms in total. The average molecular weight is 315 g/mol. The molecule has 0 fully saturated rings. The molecular weight excluding hydrogens is 290 g/mol. The molecule has 0 unspecified atom stereocenters. The summed E-state index contributed by atoms with van der Waals surface area (Å²) in [5.74, 6) is 0.773. The van der Waals surface area contributed by atoms with Gasteiger partial charge >= 0.3 is 0 Å². The number of nitrogens with zero attached hydrogens (tertiary/aromatic N) is 4. The number of aryl methyl sites for hydroxylation is 2. The van der Waals surface area contributed by atoms with Gasteiger partial charge in [-0.2, -0.15) is 5.10 Å². The first kappa shape index (κ1) is 15.9. The standard InChI is InChI=1S/C17H25N5O/c1-11-8-12(20-21(11)5)9-22-7-6-14-13(10-22)15(23)19-16(18-14)17(2,3)4/h8H,6-7,9-10H2,1-5H3,(H,18,19,23). The number of H-pyrrole nitrogens is 1. The summed E-state index contributed by atoms with van der Waals surface area (Å²) in [5, 5.41) is 4.50. The van der Waals surface area contributed by atoms with Gasteiger partial charge in [0.15, 0.2) is 0 Å². The van der Waals surface area contributed by atoms with Crippen LogP contribution in [0, 0.1) is 6.92 Å². The van der Waals surface area contributed by atoms with E-state index in [9.17, 15) is 4.79 Å². The summed E-state index contributed by atoms with van der Waals surface area (Å²) >= 11 is 0. The number of rotatable bonds is 2. The van der Waals surface area contributed by atoms with Crippen LogP contribution in [0.5, 0.6) is 0 Å². The highest BCUT2D eigenvalue weighted by Gasteiger charge is 2.25. The van der Waals surface area contributed by atoms with Crippen LogP contribution < -0.4 is 5.56 Å². The molecule has 0 bridgehead atoms. The van der Waals surface area contributed by atoms with Crippen molar-refractivity contribution in [2.45, 2.75) is 52.6 Å². The molecule has 0 saturated carbocycles. The van der Waals surface area contributed by atoms with Gasteiger partial charge in [0.25, 0.3) is 5.56 Å². The second kappa shape index (κ2) is 5.60. The second-order valence-electron chi connectivity index (χ2n) is 7.45. The van der Waals surface area contributed by atoms with Crippen molar-refractivity contribution >= 4 is 0 Å². The Morgan fingerprint density at radius 2 is 2.09 bits per heavy atom. The molecule has 0 aliphatic carbocycles. The van der Waals surface area contributed by atoms with E-state index < -0.39 is 0 Å². The molecule has 124 valence electrons. The quantitative estimate of drug-likeness (QED) is 0.915. The van der Waals surface area contributed by atoms with Crippen LogP contribution in [0.2, 0.25) is 0 Å². The molecule has 0 spiro atoms. The summed E-state index contributed by atoms with van der Waals surface area (Å²) in [6.07, 6.45) is 0.814. The Hall–Kier alpha value is -1.95. The Bertz CT molecular complexity index is 762. The Balaban J connectivity index is 1.82. The summed E-state index contributed by atoms with van der Waals surface area (Å²) in [6, 6.07) is 2.10. The fourth-order valence-corrected chi connectivity index (χ4v) is 2.91. The fraction of sp³-hybridized carbons (Fsp3) is 0.588. The van der Waals surface area contributed by atoms with E-state index in [-0.39, 0.29) is 11.0 Å². The third kappa shape index (κ3) is 3.22. The number of aromatic nitrogens is 4. The Morgan fingerprint density at radius 3 is 2.70 bits per heavy atom. The lowest BCUT2D eigenvalue weighted by Crippen LogP contribution is -2.37. The van der Waals surface area contributed by atoms with Crippen LogP contribution in [0.25, 0.3) is 0 Å². The minimum atomic E-state index is -0.142. The number of hydrogen-bond acceptors (Lipinski definition) is 4.